The number of aromatic nitrogens is 2. The van der Waals surface area contributed by atoms with E-state index in [0.29, 0.717) is 5.25 Å². The van der Waals surface area contributed by atoms with Crippen LogP contribution >= 0.6 is 11.8 Å². The van der Waals surface area contributed by atoms with Crippen LogP contribution in [0.5, 0.6) is 0 Å². The molecule has 0 amide bonds. The molecule has 0 N–H and O–H groups in total. The molecule has 3 atom stereocenters. The minimum atomic E-state index is 0.0311. The molecule has 3 aromatic rings. The second-order valence-corrected chi connectivity index (χ2v) is 8.18. The van der Waals surface area contributed by atoms with Gasteiger partial charge >= 0.3 is 0 Å². The molecule has 4 nitrogen and oxygen atoms in total. The first-order chi connectivity index (χ1) is 12.8. The number of para-hydroxylation sites is 1. The van der Waals surface area contributed by atoms with Crippen molar-refractivity contribution in [1.82, 2.24) is 14.5 Å². The van der Waals surface area contributed by atoms with Gasteiger partial charge in [0, 0.05) is 35.6 Å². The lowest BCUT2D eigenvalue weighted by Crippen LogP contribution is -2.30. The van der Waals surface area contributed by atoms with Gasteiger partial charge in [0.1, 0.15) is 6.04 Å². The largest absolute Gasteiger partial charge is 0.339 e. The maximum atomic E-state index is 5.07. The van der Waals surface area contributed by atoms with Crippen molar-refractivity contribution in [3.05, 3.63) is 84.4 Å². The summed E-state index contributed by atoms with van der Waals surface area (Å²) in [6.45, 7) is 3.30. The molecular formula is C21H20N4S. The van der Waals surface area contributed by atoms with E-state index in [2.05, 4.69) is 82.2 Å². The van der Waals surface area contributed by atoms with Crippen LogP contribution in [0, 0.1) is 0 Å². The normalized spacial score (nSPS) is 24.6. The predicted molar refractivity (Wildman–Crippen MR) is 107 cm³/mol. The van der Waals surface area contributed by atoms with Crippen molar-refractivity contribution in [2.75, 3.05) is 6.54 Å². The Morgan fingerprint density at radius 2 is 1.85 bits per heavy atom. The summed E-state index contributed by atoms with van der Waals surface area (Å²) in [5.74, 6) is 0. The molecule has 0 spiro atoms. The molecule has 1 saturated heterocycles. The number of aliphatic imine (C=N–C) groups is 1. The van der Waals surface area contributed by atoms with E-state index in [0.717, 1.165) is 17.4 Å². The highest BCUT2D eigenvalue weighted by Crippen LogP contribution is 2.47. The van der Waals surface area contributed by atoms with Gasteiger partial charge in [0.05, 0.1) is 11.7 Å². The Bertz CT molecular complexity index is 935. The summed E-state index contributed by atoms with van der Waals surface area (Å²) in [4.78, 5) is 12.2. The number of benzene rings is 1. The Hall–Kier alpha value is -2.53. The zero-order valence-electron chi connectivity index (χ0n) is 14.6. The molecule has 0 aliphatic carbocycles. The Morgan fingerprint density at radius 1 is 1.00 bits per heavy atom. The summed E-state index contributed by atoms with van der Waals surface area (Å²) >= 11 is 1.88. The first-order valence-corrected chi connectivity index (χ1v) is 9.84. The van der Waals surface area contributed by atoms with Crippen molar-refractivity contribution < 1.29 is 0 Å². The van der Waals surface area contributed by atoms with Crippen molar-refractivity contribution in [2.45, 2.75) is 24.3 Å². The van der Waals surface area contributed by atoms with Crippen molar-refractivity contribution >= 4 is 16.9 Å². The second kappa shape index (κ2) is 6.32. The van der Waals surface area contributed by atoms with Crippen LogP contribution < -0.4 is 0 Å². The van der Waals surface area contributed by atoms with Crippen molar-refractivity contribution in [2.24, 2.45) is 4.99 Å². The highest BCUT2D eigenvalue weighted by Gasteiger charge is 2.44. The zero-order chi connectivity index (χ0) is 17.5. The average molecular weight is 360 g/mol. The third-order valence-electron chi connectivity index (χ3n) is 5.00. The number of amidine groups is 1. The van der Waals surface area contributed by atoms with Crippen LogP contribution in [0.2, 0.25) is 0 Å². The van der Waals surface area contributed by atoms with Gasteiger partial charge in [-0.05, 0) is 36.4 Å². The molecule has 2 aromatic heterocycles. The number of hydrogen-bond acceptors (Lipinski definition) is 4. The quantitative estimate of drug-likeness (QED) is 0.691. The highest BCUT2D eigenvalue weighted by atomic mass is 32.2. The molecule has 1 fully saturated rings. The van der Waals surface area contributed by atoms with Crippen LogP contribution in [-0.2, 0) is 0 Å². The van der Waals surface area contributed by atoms with Crippen LogP contribution in [0.4, 0.5) is 0 Å². The number of rotatable bonds is 3. The van der Waals surface area contributed by atoms with Gasteiger partial charge in [0.2, 0.25) is 0 Å². The van der Waals surface area contributed by atoms with Gasteiger partial charge in [-0.25, -0.2) is 0 Å². The lowest BCUT2D eigenvalue weighted by atomic mass is 10.0. The van der Waals surface area contributed by atoms with E-state index >= 15 is 0 Å². The van der Waals surface area contributed by atoms with Gasteiger partial charge in [-0.15, -0.1) is 0 Å². The van der Waals surface area contributed by atoms with Gasteiger partial charge in [-0.1, -0.05) is 43.0 Å². The summed E-state index contributed by atoms with van der Waals surface area (Å²) in [7, 11) is 0. The number of thioether (sulfide) groups is 1. The molecule has 5 heteroatoms. The first-order valence-electron chi connectivity index (χ1n) is 8.96. The standard InChI is InChI=1S/C21H20N4S/c1-15-14-25-20(18-11-7-13-24(18)16-8-3-2-4-9-16)19(23-21(25)26-15)17-10-5-6-12-22-17/h2-13,15,19-20H,14H2,1H3. The SMILES string of the molecule is CC1CN2C(=NC(c3ccccn3)C2c2cccn2-c2ccccc2)S1. The maximum Gasteiger partial charge on any atom is 0.160 e. The second-order valence-electron chi connectivity index (χ2n) is 6.78. The van der Waals surface area contributed by atoms with Crippen LogP contribution in [0.3, 0.4) is 0 Å². The van der Waals surface area contributed by atoms with Crippen LogP contribution in [0.25, 0.3) is 5.69 Å². The maximum absolute atomic E-state index is 5.07. The monoisotopic (exact) mass is 360 g/mol. The molecule has 5 rings (SSSR count). The van der Waals surface area contributed by atoms with Crippen molar-refractivity contribution in [3.63, 3.8) is 0 Å². The van der Waals surface area contributed by atoms with Crippen LogP contribution in [0.1, 0.15) is 30.4 Å². The Kier molecular flexibility index (Phi) is 3.82. The first kappa shape index (κ1) is 15.7. The molecule has 26 heavy (non-hydrogen) atoms. The number of fused-ring (bicyclic) bond motifs is 1. The minimum absolute atomic E-state index is 0.0311. The number of hydrogen-bond donors (Lipinski definition) is 0. The van der Waals surface area contributed by atoms with Gasteiger partial charge in [-0.2, -0.15) is 0 Å². The third kappa shape index (κ3) is 2.54. The van der Waals surface area contributed by atoms with Crippen LogP contribution in [0.15, 0.2) is 78.0 Å². The van der Waals surface area contributed by atoms with E-state index in [1.165, 1.54) is 11.4 Å². The summed E-state index contributed by atoms with van der Waals surface area (Å²) in [6.07, 6.45) is 4.01. The smallest absolute Gasteiger partial charge is 0.160 e. The van der Waals surface area contributed by atoms with E-state index in [4.69, 9.17) is 4.99 Å². The van der Waals surface area contributed by atoms with E-state index in [-0.39, 0.29) is 12.1 Å². The number of nitrogens with zero attached hydrogens (tertiary/aromatic N) is 4. The average Bonchev–Trinajstić information content (AvgIpc) is 3.37. The summed E-state index contributed by atoms with van der Waals surface area (Å²) in [5.41, 5.74) is 3.48. The molecular weight excluding hydrogens is 340 g/mol. The van der Waals surface area contributed by atoms with Gasteiger partial charge in [0.15, 0.2) is 5.17 Å². The van der Waals surface area contributed by atoms with E-state index in [9.17, 15) is 0 Å². The van der Waals surface area contributed by atoms with E-state index in [1.807, 2.05) is 24.0 Å². The molecule has 0 radical (unpaired) electrons. The van der Waals surface area contributed by atoms with Crippen LogP contribution in [-0.4, -0.2) is 31.4 Å². The molecule has 3 unspecified atom stereocenters. The van der Waals surface area contributed by atoms with Gasteiger partial charge in [0.25, 0.3) is 0 Å². The van der Waals surface area contributed by atoms with E-state index in [1.54, 1.807) is 0 Å². The fourth-order valence-electron chi connectivity index (χ4n) is 3.90. The lowest BCUT2D eigenvalue weighted by Gasteiger charge is -2.28. The number of pyridine rings is 1. The molecule has 2 aliphatic rings. The predicted octanol–water partition coefficient (Wildman–Crippen LogP) is 4.46. The molecule has 0 bridgehead atoms. The fourth-order valence-corrected chi connectivity index (χ4v) is 4.99. The molecule has 130 valence electrons. The summed E-state index contributed by atoms with van der Waals surface area (Å²) in [6, 6.07) is 21.2. The summed E-state index contributed by atoms with van der Waals surface area (Å²) in [5, 5.41) is 1.72. The topological polar surface area (TPSA) is 33.4 Å². The Balaban J connectivity index is 1.62. The molecule has 2 aliphatic heterocycles. The highest BCUT2D eigenvalue weighted by molar-refractivity contribution is 8.14. The fraction of sp³-hybridized carbons (Fsp3) is 0.238. The molecule has 1 aromatic carbocycles. The van der Waals surface area contributed by atoms with E-state index < -0.39 is 0 Å². The lowest BCUT2D eigenvalue weighted by molar-refractivity contribution is 0.312. The Labute approximate surface area is 157 Å². The van der Waals surface area contributed by atoms with Crippen molar-refractivity contribution in [3.8, 4) is 5.69 Å². The third-order valence-corrected chi connectivity index (χ3v) is 6.10. The molecule has 4 heterocycles. The van der Waals surface area contributed by atoms with Crippen molar-refractivity contribution in [1.29, 1.82) is 0 Å². The molecule has 0 saturated carbocycles. The minimum Gasteiger partial charge on any atom is -0.339 e. The van der Waals surface area contributed by atoms with Gasteiger partial charge in [-0.3, -0.25) is 9.98 Å². The Morgan fingerprint density at radius 3 is 2.65 bits per heavy atom. The van der Waals surface area contributed by atoms with Gasteiger partial charge < -0.3 is 9.47 Å². The zero-order valence-corrected chi connectivity index (χ0v) is 15.4. The summed E-state index contributed by atoms with van der Waals surface area (Å²) < 4.78 is 2.28.